The Bertz CT molecular complexity index is 1830. The van der Waals surface area contributed by atoms with Crippen LogP contribution in [-0.2, 0) is 28.4 Å². The maximum atomic E-state index is 13.7. The Kier molecular flexibility index (Phi) is 13.6. The van der Waals surface area contributed by atoms with E-state index in [-0.39, 0.29) is 22.3 Å². The van der Waals surface area contributed by atoms with E-state index in [9.17, 15) is 19.2 Å². The number of carbonyl (C=O) groups is 4. The second-order valence-electron chi connectivity index (χ2n) is 11.5. The molecule has 14 heteroatoms. The molecule has 5 rings (SSSR count). The Labute approximate surface area is 327 Å². The van der Waals surface area contributed by atoms with E-state index < -0.39 is 67.3 Å². The van der Waals surface area contributed by atoms with E-state index in [0.29, 0.717) is 0 Å². The fourth-order valence-corrected chi connectivity index (χ4v) is 6.01. The molecule has 4 aromatic rings. The molecule has 0 saturated carbocycles. The molecule has 4 aromatic carbocycles. The molecule has 0 spiro atoms. The molecule has 0 aliphatic carbocycles. The summed E-state index contributed by atoms with van der Waals surface area (Å²) in [4.78, 5) is 54.0. The minimum atomic E-state index is -1.51. The molecule has 51 heavy (non-hydrogen) atoms. The van der Waals surface area contributed by atoms with E-state index in [1.165, 1.54) is 24.3 Å². The molecule has 5 atom stereocenters. The van der Waals surface area contributed by atoms with Crippen LogP contribution < -0.4 is 0 Å². The molecule has 0 amide bonds. The summed E-state index contributed by atoms with van der Waals surface area (Å²) < 4.78 is 39.1. The zero-order valence-electron chi connectivity index (χ0n) is 27.0. The molecule has 0 bridgehead atoms. The van der Waals surface area contributed by atoms with E-state index in [1.807, 2.05) is 0 Å². The van der Waals surface area contributed by atoms with E-state index in [2.05, 4.69) is 63.7 Å². The Balaban J connectivity index is 1.55. The van der Waals surface area contributed by atoms with Gasteiger partial charge >= 0.3 is 23.9 Å². The van der Waals surface area contributed by atoms with Gasteiger partial charge in [-0.1, -0.05) is 63.7 Å². The molecule has 1 saturated heterocycles. The predicted octanol–water partition coefficient (Wildman–Crippen LogP) is 8.72. The predicted molar refractivity (Wildman–Crippen MR) is 199 cm³/mol. The van der Waals surface area contributed by atoms with Crippen LogP contribution in [0.15, 0.2) is 115 Å². The molecule has 10 nitrogen and oxygen atoms in total. The fraction of sp³-hybridized carbons (Fsp3) is 0.243. The van der Waals surface area contributed by atoms with Crippen LogP contribution in [0.3, 0.4) is 0 Å². The summed E-state index contributed by atoms with van der Waals surface area (Å²) >= 11 is 13.4. The van der Waals surface area contributed by atoms with Gasteiger partial charge in [0.05, 0.1) is 28.4 Å². The summed E-state index contributed by atoms with van der Waals surface area (Å²) in [5, 5.41) is 0. The highest BCUT2D eigenvalue weighted by Crippen LogP contribution is 2.32. The minimum Gasteiger partial charge on any atom is -0.459 e. The number of carbonyl (C=O) groups excluding carboxylic acids is 4. The molecule has 0 unspecified atom stereocenters. The maximum Gasteiger partial charge on any atom is 0.338 e. The first kappa shape index (κ1) is 38.8. The Morgan fingerprint density at radius 1 is 0.529 bits per heavy atom. The topological polar surface area (TPSA) is 124 Å². The number of benzene rings is 4. The van der Waals surface area contributed by atoms with Crippen LogP contribution in [0.5, 0.6) is 0 Å². The molecule has 1 fully saturated rings. The van der Waals surface area contributed by atoms with Crippen molar-refractivity contribution in [3.63, 3.8) is 0 Å². The lowest BCUT2D eigenvalue weighted by molar-refractivity contribution is -0.305. The highest BCUT2D eigenvalue weighted by molar-refractivity contribution is 9.11. The van der Waals surface area contributed by atoms with Gasteiger partial charge in [0.15, 0.2) is 24.6 Å². The molecule has 1 aliphatic heterocycles. The van der Waals surface area contributed by atoms with Gasteiger partial charge in [-0.3, -0.25) is 0 Å². The van der Waals surface area contributed by atoms with Crippen molar-refractivity contribution in [1.82, 2.24) is 0 Å². The van der Waals surface area contributed by atoms with Crippen LogP contribution in [-0.4, -0.2) is 67.3 Å². The van der Waals surface area contributed by atoms with Crippen molar-refractivity contribution in [3.8, 4) is 0 Å². The first-order chi connectivity index (χ1) is 24.4. The highest BCUT2D eigenvalue weighted by Gasteiger charge is 2.54. The zero-order chi connectivity index (χ0) is 36.7. The van der Waals surface area contributed by atoms with Crippen molar-refractivity contribution < 1.29 is 47.6 Å². The third-order valence-corrected chi connectivity index (χ3v) is 9.54. The van der Waals surface area contributed by atoms with Crippen molar-refractivity contribution in [3.05, 3.63) is 137 Å². The van der Waals surface area contributed by atoms with Gasteiger partial charge in [0.1, 0.15) is 12.7 Å². The number of ether oxygens (including phenoxy) is 6. The van der Waals surface area contributed by atoms with Crippen molar-refractivity contribution in [2.24, 2.45) is 0 Å². The SMILES string of the molecule is CC(C)O[C@@H]1O[C@H](COC(=O)c2ccc(Br)cc2)[C@@H](OC(=O)c2ccc(Br)cc2)[C@H](OC(=O)c2ccc(Br)cc2)[C@@H]1OC(=O)c1ccc(Br)cc1. The van der Waals surface area contributed by atoms with Crippen LogP contribution in [0, 0.1) is 0 Å². The van der Waals surface area contributed by atoms with Crippen molar-refractivity contribution in [2.75, 3.05) is 6.61 Å². The third-order valence-electron chi connectivity index (χ3n) is 7.43. The van der Waals surface area contributed by atoms with Crippen LogP contribution >= 0.6 is 63.7 Å². The molecule has 1 aliphatic rings. The number of halogens is 4. The molecular formula is C37H30Br4O10. The smallest absolute Gasteiger partial charge is 0.338 e. The Hall–Kier alpha value is -3.40. The Morgan fingerprint density at radius 3 is 1.24 bits per heavy atom. The Morgan fingerprint density at radius 2 is 0.863 bits per heavy atom. The highest BCUT2D eigenvalue weighted by atomic mass is 79.9. The zero-order valence-corrected chi connectivity index (χ0v) is 33.3. The van der Waals surface area contributed by atoms with Gasteiger partial charge in [0.2, 0.25) is 0 Å². The summed E-state index contributed by atoms with van der Waals surface area (Å²) in [5.74, 6) is -3.07. The fourth-order valence-electron chi connectivity index (χ4n) is 4.95. The normalized spacial score (nSPS) is 19.9. The van der Waals surface area contributed by atoms with E-state index >= 15 is 0 Å². The standard InChI is InChI=1S/C37H30Br4O10/c1-20(2)47-37-32(51-36(45)24-9-17-28(41)18-10-24)31(50-35(44)23-7-15-27(40)16-8-23)30(49-34(43)22-5-13-26(39)14-6-22)29(48-37)19-46-33(42)21-3-11-25(38)12-4-21/h3-18,20,29-32,37H,19H2,1-2H3/t29-,30-,31+,32+,37-/m1/s1. The van der Waals surface area contributed by atoms with E-state index in [4.69, 9.17) is 28.4 Å². The van der Waals surface area contributed by atoms with Crippen LogP contribution in [0.4, 0.5) is 0 Å². The largest absolute Gasteiger partial charge is 0.459 e. The van der Waals surface area contributed by atoms with Gasteiger partial charge < -0.3 is 28.4 Å². The van der Waals surface area contributed by atoms with E-state index in [0.717, 1.165) is 17.9 Å². The molecule has 1 heterocycles. The van der Waals surface area contributed by atoms with Crippen molar-refractivity contribution in [1.29, 1.82) is 0 Å². The van der Waals surface area contributed by atoms with Crippen molar-refractivity contribution in [2.45, 2.75) is 50.7 Å². The number of hydrogen-bond donors (Lipinski definition) is 0. The van der Waals surface area contributed by atoms with Gasteiger partial charge in [0.25, 0.3) is 0 Å². The van der Waals surface area contributed by atoms with Gasteiger partial charge in [-0.2, -0.15) is 0 Å². The minimum absolute atomic E-state index is 0.167. The lowest BCUT2D eigenvalue weighted by Gasteiger charge is -2.44. The second kappa shape index (κ2) is 17.9. The number of rotatable bonds is 11. The third kappa shape index (κ3) is 10.6. The molecule has 0 aromatic heterocycles. The molecule has 0 radical (unpaired) electrons. The lowest BCUT2D eigenvalue weighted by atomic mass is 9.97. The summed E-state index contributed by atoms with van der Waals surface area (Å²) in [6, 6.07) is 25.7. The molecule has 266 valence electrons. The van der Waals surface area contributed by atoms with Gasteiger partial charge in [-0.05, 0) is 111 Å². The van der Waals surface area contributed by atoms with Gasteiger partial charge in [-0.15, -0.1) is 0 Å². The van der Waals surface area contributed by atoms with E-state index in [1.54, 1.807) is 86.6 Å². The average Bonchev–Trinajstić information content (AvgIpc) is 3.10. The van der Waals surface area contributed by atoms with Gasteiger partial charge in [0, 0.05) is 17.9 Å². The summed E-state index contributed by atoms with van der Waals surface area (Å²) in [6.45, 7) is 3.02. The average molecular weight is 954 g/mol. The first-order valence-electron chi connectivity index (χ1n) is 15.5. The second-order valence-corrected chi connectivity index (χ2v) is 15.1. The monoisotopic (exact) mass is 950 g/mol. The number of esters is 4. The van der Waals surface area contributed by atoms with Crippen LogP contribution in [0.1, 0.15) is 55.3 Å². The molecule has 0 N–H and O–H groups in total. The number of hydrogen-bond acceptors (Lipinski definition) is 10. The van der Waals surface area contributed by atoms with Crippen LogP contribution in [0.25, 0.3) is 0 Å². The summed E-state index contributed by atoms with van der Waals surface area (Å²) in [6.07, 6.45) is -7.51. The maximum absolute atomic E-state index is 13.7. The van der Waals surface area contributed by atoms with Crippen molar-refractivity contribution >= 4 is 87.6 Å². The molecular weight excluding hydrogens is 924 g/mol. The summed E-state index contributed by atoms with van der Waals surface area (Å²) in [7, 11) is 0. The lowest BCUT2D eigenvalue weighted by Crippen LogP contribution is -2.63. The first-order valence-corrected chi connectivity index (χ1v) is 18.7. The van der Waals surface area contributed by atoms with Gasteiger partial charge in [-0.25, -0.2) is 19.2 Å². The van der Waals surface area contributed by atoms with Crippen LogP contribution in [0.2, 0.25) is 0 Å². The summed E-state index contributed by atoms with van der Waals surface area (Å²) in [5.41, 5.74) is 0.784. The quantitative estimate of drug-likeness (QED) is 0.107.